The number of hydrogen-bond donors (Lipinski definition) is 1. The van der Waals surface area contributed by atoms with Gasteiger partial charge in [0.1, 0.15) is 12.2 Å². The third kappa shape index (κ3) is 3.20. The van der Waals surface area contributed by atoms with Gasteiger partial charge in [-0.3, -0.25) is 9.59 Å². The summed E-state index contributed by atoms with van der Waals surface area (Å²) in [4.78, 5) is 25.5. The number of carbonyl (C=O) groups is 1. The maximum absolute atomic E-state index is 12.6. The second-order valence-electron chi connectivity index (χ2n) is 6.44. The van der Waals surface area contributed by atoms with Crippen molar-refractivity contribution in [2.45, 2.75) is 39.3 Å². The van der Waals surface area contributed by atoms with Crippen molar-refractivity contribution in [1.29, 1.82) is 0 Å². The molecule has 0 bridgehead atoms. The van der Waals surface area contributed by atoms with Crippen LogP contribution >= 0.6 is 11.3 Å². The topological polar surface area (TPSA) is 90.0 Å². The summed E-state index contributed by atoms with van der Waals surface area (Å²) >= 11 is 1.51. The van der Waals surface area contributed by atoms with Crippen LogP contribution in [0.25, 0.3) is 21.9 Å². The number of nitrogens with one attached hydrogen (secondary N) is 1. The van der Waals surface area contributed by atoms with E-state index in [0.717, 1.165) is 29.0 Å². The summed E-state index contributed by atoms with van der Waals surface area (Å²) in [5, 5.41) is 13.3. The van der Waals surface area contributed by atoms with Crippen molar-refractivity contribution in [2.75, 3.05) is 0 Å². The summed E-state index contributed by atoms with van der Waals surface area (Å²) in [5.41, 5.74) is 2.49. The second-order valence-corrected chi connectivity index (χ2v) is 7.39. The van der Waals surface area contributed by atoms with Gasteiger partial charge in [-0.15, -0.1) is 11.3 Å². The van der Waals surface area contributed by atoms with E-state index < -0.39 is 0 Å². The normalized spacial score (nSPS) is 13.8. The van der Waals surface area contributed by atoms with Crippen LogP contribution in [-0.4, -0.2) is 26.9 Å². The SMILES string of the molecule is Cc1noc(-c2cc(=O)n(CC(=O)NC3CC3)nc2-c2cccs2)c1C. The van der Waals surface area contributed by atoms with E-state index in [1.807, 2.05) is 31.4 Å². The van der Waals surface area contributed by atoms with Crippen LogP contribution in [0.4, 0.5) is 0 Å². The van der Waals surface area contributed by atoms with Gasteiger partial charge in [0.2, 0.25) is 5.91 Å². The maximum Gasteiger partial charge on any atom is 0.268 e. The lowest BCUT2D eigenvalue weighted by molar-refractivity contribution is -0.122. The molecule has 4 rings (SSSR count). The van der Waals surface area contributed by atoms with Crippen molar-refractivity contribution < 1.29 is 9.32 Å². The molecule has 3 heterocycles. The van der Waals surface area contributed by atoms with Crippen LogP contribution in [0.1, 0.15) is 24.1 Å². The van der Waals surface area contributed by atoms with Gasteiger partial charge in [0.15, 0.2) is 5.76 Å². The summed E-state index contributed by atoms with van der Waals surface area (Å²) in [6.07, 6.45) is 2.00. The first kappa shape index (κ1) is 16.7. The minimum atomic E-state index is -0.347. The molecule has 0 atom stereocenters. The van der Waals surface area contributed by atoms with Crippen LogP contribution in [0.2, 0.25) is 0 Å². The van der Waals surface area contributed by atoms with E-state index in [2.05, 4.69) is 15.6 Å². The zero-order valence-corrected chi connectivity index (χ0v) is 15.3. The Balaban J connectivity index is 1.79. The Morgan fingerprint density at radius 1 is 1.42 bits per heavy atom. The van der Waals surface area contributed by atoms with E-state index in [4.69, 9.17) is 4.52 Å². The van der Waals surface area contributed by atoms with E-state index in [1.165, 1.54) is 22.1 Å². The number of carbonyl (C=O) groups excluding carboxylic acids is 1. The highest BCUT2D eigenvalue weighted by atomic mass is 32.1. The lowest BCUT2D eigenvalue weighted by atomic mass is 10.1. The molecule has 1 amide bonds. The molecule has 7 nitrogen and oxygen atoms in total. The molecule has 0 unspecified atom stereocenters. The summed E-state index contributed by atoms with van der Waals surface area (Å²) < 4.78 is 6.65. The average molecular weight is 370 g/mol. The highest BCUT2D eigenvalue weighted by Gasteiger charge is 2.24. The summed E-state index contributed by atoms with van der Waals surface area (Å²) in [6, 6.07) is 5.56. The van der Waals surface area contributed by atoms with Crippen LogP contribution in [0, 0.1) is 13.8 Å². The van der Waals surface area contributed by atoms with Crippen LogP contribution in [0.5, 0.6) is 0 Å². The number of thiophene rings is 1. The largest absolute Gasteiger partial charge is 0.356 e. The Morgan fingerprint density at radius 3 is 2.85 bits per heavy atom. The van der Waals surface area contributed by atoms with E-state index >= 15 is 0 Å². The molecule has 26 heavy (non-hydrogen) atoms. The predicted octanol–water partition coefficient (Wildman–Crippen LogP) is 2.52. The number of nitrogens with zero attached hydrogens (tertiary/aromatic N) is 3. The van der Waals surface area contributed by atoms with E-state index in [1.54, 1.807) is 0 Å². The van der Waals surface area contributed by atoms with Gasteiger partial charge in [-0.25, -0.2) is 4.68 Å². The molecule has 0 saturated heterocycles. The molecule has 1 aliphatic rings. The molecule has 0 aliphatic heterocycles. The monoisotopic (exact) mass is 370 g/mol. The maximum atomic E-state index is 12.6. The van der Waals surface area contributed by atoms with E-state index in [9.17, 15) is 9.59 Å². The fraction of sp³-hybridized carbons (Fsp3) is 0.333. The van der Waals surface area contributed by atoms with Crippen LogP contribution in [-0.2, 0) is 11.3 Å². The molecule has 3 aromatic heterocycles. The fourth-order valence-electron chi connectivity index (χ4n) is 2.68. The van der Waals surface area contributed by atoms with Crippen LogP contribution in [0.3, 0.4) is 0 Å². The molecule has 8 heteroatoms. The molecule has 1 fully saturated rings. The fourth-order valence-corrected chi connectivity index (χ4v) is 3.40. The van der Waals surface area contributed by atoms with Crippen molar-refractivity contribution >= 4 is 17.2 Å². The minimum absolute atomic E-state index is 0.0948. The zero-order valence-electron chi connectivity index (χ0n) is 14.5. The lowest BCUT2D eigenvalue weighted by Crippen LogP contribution is -2.34. The first-order chi connectivity index (χ1) is 12.5. The Morgan fingerprint density at radius 2 is 2.23 bits per heavy atom. The van der Waals surface area contributed by atoms with Gasteiger partial charge in [-0.1, -0.05) is 11.2 Å². The Labute approximate surface area is 153 Å². The Bertz CT molecular complexity index is 1020. The van der Waals surface area contributed by atoms with Gasteiger partial charge in [0.05, 0.1) is 16.1 Å². The summed E-state index contributed by atoms with van der Waals surface area (Å²) in [6.45, 7) is 3.65. The van der Waals surface area contributed by atoms with Gasteiger partial charge in [0, 0.05) is 17.7 Å². The molecular weight excluding hydrogens is 352 g/mol. The highest BCUT2D eigenvalue weighted by molar-refractivity contribution is 7.13. The third-order valence-electron chi connectivity index (χ3n) is 4.39. The molecule has 0 spiro atoms. The summed E-state index contributed by atoms with van der Waals surface area (Å²) in [5.74, 6) is 0.337. The quantitative estimate of drug-likeness (QED) is 0.745. The molecular formula is C18H18N4O3S. The zero-order chi connectivity index (χ0) is 18.3. The van der Waals surface area contributed by atoms with Crippen LogP contribution < -0.4 is 10.9 Å². The molecule has 0 radical (unpaired) electrons. The van der Waals surface area contributed by atoms with Gasteiger partial charge in [-0.2, -0.15) is 5.10 Å². The minimum Gasteiger partial charge on any atom is -0.356 e. The Hall–Kier alpha value is -2.74. The summed E-state index contributed by atoms with van der Waals surface area (Å²) in [7, 11) is 0. The van der Waals surface area contributed by atoms with Gasteiger partial charge >= 0.3 is 0 Å². The van der Waals surface area contributed by atoms with E-state index in [0.29, 0.717) is 17.0 Å². The molecule has 134 valence electrons. The molecule has 3 aromatic rings. The van der Waals surface area contributed by atoms with Crippen LogP contribution in [0.15, 0.2) is 32.9 Å². The number of aryl methyl sites for hydroxylation is 1. The van der Waals surface area contributed by atoms with Crippen molar-refractivity contribution in [1.82, 2.24) is 20.3 Å². The van der Waals surface area contributed by atoms with Gasteiger partial charge < -0.3 is 9.84 Å². The lowest BCUT2D eigenvalue weighted by Gasteiger charge is -2.10. The molecule has 1 saturated carbocycles. The number of rotatable bonds is 5. The predicted molar refractivity (Wildman–Crippen MR) is 97.9 cm³/mol. The van der Waals surface area contributed by atoms with Crippen molar-refractivity contribution in [3.05, 3.63) is 45.2 Å². The third-order valence-corrected chi connectivity index (χ3v) is 5.27. The number of amides is 1. The standard InChI is InChI=1S/C18H18N4O3S/c1-10-11(2)21-25-18(10)13-8-16(24)22(9-15(23)19-12-5-6-12)20-17(13)14-4-3-7-26-14/h3-4,7-8,12H,5-6,9H2,1-2H3,(H,19,23). The van der Waals surface area contributed by atoms with Crippen molar-refractivity contribution in [2.24, 2.45) is 0 Å². The molecule has 0 aromatic carbocycles. The molecule has 1 aliphatic carbocycles. The first-order valence-corrected chi connectivity index (χ1v) is 9.29. The highest BCUT2D eigenvalue weighted by Crippen LogP contribution is 2.34. The second kappa shape index (κ2) is 6.53. The van der Waals surface area contributed by atoms with E-state index in [-0.39, 0.29) is 24.1 Å². The smallest absolute Gasteiger partial charge is 0.268 e. The number of hydrogen-bond acceptors (Lipinski definition) is 6. The number of aromatic nitrogens is 3. The van der Waals surface area contributed by atoms with Crippen molar-refractivity contribution in [3.8, 4) is 21.9 Å². The average Bonchev–Trinajstić information content (AvgIpc) is 3.13. The Kier molecular flexibility index (Phi) is 4.20. The van der Waals surface area contributed by atoms with Crippen molar-refractivity contribution in [3.63, 3.8) is 0 Å². The molecule has 1 N–H and O–H groups in total. The van der Waals surface area contributed by atoms with Gasteiger partial charge in [-0.05, 0) is 38.1 Å². The van der Waals surface area contributed by atoms with Gasteiger partial charge in [0.25, 0.3) is 5.56 Å². The first-order valence-electron chi connectivity index (χ1n) is 8.41.